The monoisotopic (exact) mass is 987 g/mol. The van der Waals surface area contributed by atoms with Gasteiger partial charge in [0.05, 0.1) is 0 Å². The van der Waals surface area contributed by atoms with Crippen molar-refractivity contribution in [3.8, 4) is 0 Å². The van der Waals surface area contributed by atoms with Gasteiger partial charge in [0.15, 0.2) is 6.10 Å². The van der Waals surface area contributed by atoms with Crippen LogP contribution in [0.1, 0.15) is 361 Å². The number of allylic oxidation sites excluding steroid dienone is 2. The molecule has 0 aliphatic carbocycles. The Kier molecular flexibility index (Phi) is 58.1. The second kappa shape index (κ2) is 59.7. The number of hydrogen-bond acceptors (Lipinski definition) is 6. The third kappa shape index (κ3) is 57.1. The maximum atomic E-state index is 12.9. The molecule has 414 valence electrons. The van der Waals surface area contributed by atoms with Crippen molar-refractivity contribution in [2.24, 2.45) is 0 Å². The Hall–Kier alpha value is -1.85. The number of esters is 3. The Morgan fingerprint density at radius 3 is 0.714 bits per heavy atom. The standard InChI is InChI=1S/C64H122O6/c1-4-7-10-13-16-19-22-25-28-31-32-34-36-39-42-45-48-51-54-57-63(66)69-60-61(59-68-62(65)56-53-50-47-44-41-38-35-30-27-24-21-18-15-12-9-6-3)70-64(67)58-55-52-49-46-43-40-37-33-29-26-23-20-17-14-11-8-5-2/h30,35,61H,4-29,31-34,36-60H2,1-3H3/b35-30-. The fourth-order valence-electron chi connectivity index (χ4n) is 9.74. The van der Waals surface area contributed by atoms with Crippen molar-refractivity contribution < 1.29 is 28.6 Å². The SMILES string of the molecule is CCCCCCCCC/C=C\CCCCCCCC(=O)OCC(COC(=O)CCCCCCCCCCCCCCCCCCCCC)OC(=O)CCCCCCCCCCCCCCCCCCC. The van der Waals surface area contributed by atoms with Gasteiger partial charge in [0.2, 0.25) is 0 Å². The van der Waals surface area contributed by atoms with Gasteiger partial charge in [-0.1, -0.05) is 309 Å². The Labute approximate surface area is 437 Å². The molecule has 0 aromatic heterocycles. The number of ether oxygens (including phenoxy) is 3. The summed E-state index contributed by atoms with van der Waals surface area (Å²) in [5.74, 6) is -0.844. The molecule has 0 N–H and O–H groups in total. The van der Waals surface area contributed by atoms with Crippen LogP contribution in [-0.2, 0) is 28.6 Å². The first-order chi connectivity index (χ1) is 34.5. The van der Waals surface area contributed by atoms with E-state index in [0.717, 1.165) is 64.2 Å². The number of carbonyl (C=O) groups is 3. The molecule has 6 heteroatoms. The van der Waals surface area contributed by atoms with Gasteiger partial charge in [-0.3, -0.25) is 14.4 Å². The molecular weight excluding hydrogens is 865 g/mol. The molecule has 70 heavy (non-hydrogen) atoms. The second-order valence-electron chi connectivity index (χ2n) is 21.7. The summed E-state index contributed by atoms with van der Waals surface area (Å²) in [5.41, 5.74) is 0. The van der Waals surface area contributed by atoms with Crippen LogP contribution in [0.5, 0.6) is 0 Å². The summed E-state index contributed by atoms with van der Waals surface area (Å²) in [6, 6.07) is 0. The van der Waals surface area contributed by atoms with Crippen LogP contribution in [0.4, 0.5) is 0 Å². The fraction of sp³-hybridized carbons (Fsp3) is 0.922. The van der Waals surface area contributed by atoms with Gasteiger partial charge in [0, 0.05) is 19.3 Å². The zero-order valence-corrected chi connectivity index (χ0v) is 47.6. The largest absolute Gasteiger partial charge is 0.462 e. The van der Waals surface area contributed by atoms with Gasteiger partial charge in [-0.25, -0.2) is 0 Å². The highest BCUT2D eigenvalue weighted by atomic mass is 16.6. The third-order valence-corrected chi connectivity index (χ3v) is 14.5. The lowest BCUT2D eigenvalue weighted by Gasteiger charge is -2.18. The lowest BCUT2D eigenvalue weighted by Crippen LogP contribution is -2.30. The highest BCUT2D eigenvalue weighted by Gasteiger charge is 2.19. The van der Waals surface area contributed by atoms with E-state index in [0.29, 0.717) is 19.3 Å². The van der Waals surface area contributed by atoms with Crippen LogP contribution < -0.4 is 0 Å². The molecule has 0 aromatic rings. The molecule has 0 saturated heterocycles. The van der Waals surface area contributed by atoms with Gasteiger partial charge in [0.1, 0.15) is 13.2 Å². The maximum Gasteiger partial charge on any atom is 0.306 e. The Morgan fingerprint density at radius 2 is 0.471 bits per heavy atom. The van der Waals surface area contributed by atoms with E-state index in [1.165, 1.54) is 257 Å². The summed E-state index contributed by atoms with van der Waals surface area (Å²) >= 11 is 0. The molecule has 0 aliphatic heterocycles. The Bertz CT molecular complexity index is 1090. The van der Waals surface area contributed by atoms with Crippen LogP contribution in [-0.4, -0.2) is 37.2 Å². The average Bonchev–Trinajstić information content (AvgIpc) is 3.36. The van der Waals surface area contributed by atoms with E-state index in [-0.39, 0.29) is 31.1 Å². The predicted molar refractivity (Wildman–Crippen MR) is 303 cm³/mol. The molecule has 0 fully saturated rings. The molecule has 0 amide bonds. The molecule has 0 saturated carbocycles. The highest BCUT2D eigenvalue weighted by Crippen LogP contribution is 2.18. The van der Waals surface area contributed by atoms with Crippen LogP contribution >= 0.6 is 0 Å². The van der Waals surface area contributed by atoms with E-state index in [9.17, 15) is 14.4 Å². The molecule has 0 bridgehead atoms. The Balaban J connectivity index is 4.30. The van der Waals surface area contributed by atoms with Crippen molar-refractivity contribution in [3.63, 3.8) is 0 Å². The van der Waals surface area contributed by atoms with Crippen molar-refractivity contribution in [2.75, 3.05) is 13.2 Å². The van der Waals surface area contributed by atoms with Gasteiger partial charge in [0.25, 0.3) is 0 Å². The van der Waals surface area contributed by atoms with Gasteiger partial charge < -0.3 is 14.2 Å². The van der Waals surface area contributed by atoms with Crippen molar-refractivity contribution in [2.45, 2.75) is 367 Å². The molecule has 1 atom stereocenters. The first kappa shape index (κ1) is 68.2. The summed E-state index contributed by atoms with van der Waals surface area (Å²) < 4.78 is 16.9. The molecule has 1 unspecified atom stereocenters. The number of unbranched alkanes of at least 4 members (excludes halogenated alkanes) is 46. The zero-order chi connectivity index (χ0) is 50.7. The summed E-state index contributed by atoms with van der Waals surface area (Å²) in [6.45, 7) is 6.71. The number of rotatable bonds is 59. The number of carbonyl (C=O) groups excluding carboxylic acids is 3. The minimum Gasteiger partial charge on any atom is -0.462 e. The van der Waals surface area contributed by atoms with Crippen LogP contribution in [0.25, 0.3) is 0 Å². The van der Waals surface area contributed by atoms with Crippen LogP contribution in [0.15, 0.2) is 12.2 Å². The van der Waals surface area contributed by atoms with Gasteiger partial charge in [-0.2, -0.15) is 0 Å². The summed E-state index contributed by atoms with van der Waals surface area (Å²) in [5, 5.41) is 0. The van der Waals surface area contributed by atoms with E-state index >= 15 is 0 Å². The normalized spacial score (nSPS) is 12.0. The lowest BCUT2D eigenvalue weighted by atomic mass is 10.0. The molecule has 0 heterocycles. The molecule has 0 radical (unpaired) electrons. The summed E-state index contributed by atoms with van der Waals surface area (Å²) in [7, 11) is 0. The molecular formula is C64H122O6. The van der Waals surface area contributed by atoms with Gasteiger partial charge in [-0.15, -0.1) is 0 Å². The smallest absolute Gasteiger partial charge is 0.306 e. The zero-order valence-electron chi connectivity index (χ0n) is 47.6. The first-order valence-electron chi connectivity index (χ1n) is 31.7. The highest BCUT2D eigenvalue weighted by molar-refractivity contribution is 5.71. The lowest BCUT2D eigenvalue weighted by molar-refractivity contribution is -0.167. The predicted octanol–water partition coefficient (Wildman–Crippen LogP) is 21.3. The molecule has 0 spiro atoms. The van der Waals surface area contributed by atoms with E-state index in [2.05, 4.69) is 32.9 Å². The first-order valence-corrected chi connectivity index (χ1v) is 31.7. The maximum absolute atomic E-state index is 12.9. The third-order valence-electron chi connectivity index (χ3n) is 14.5. The second-order valence-corrected chi connectivity index (χ2v) is 21.7. The fourth-order valence-corrected chi connectivity index (χ4v) is 9.74. The topological polar surface area (TPSA) is 78.9 Å². The van der Waals surface area contributed by atoms with E-state index in [4.69, 9.17) is 14.2 Å². The summed E-state index contributed by atoms with van der Waals surface area (Å²) in [6.07, 6.45) is 69.2. The van der Waals surface area contributed by atoms with Crippen molar-refractivity contribution in [1.29, 1.82) is 0 Å². The van der Waals surface area contributed by atoms with E-state index < -0.39 is 6.10 Å². The van der Waals surface area contributed by atoms with Crippen LogP contribution in [0.3, 0.4) is 0 Å². The molecule has 0 rings (SSSR count). The minimum absolute atomic E-state index is 0.0660. The molecule has 6 nitrogen and oxygen atoms in total. The van der Waals surface area contributed by atoms with Crippen LogP contribution in [0.2, 0.25) is 0 Å². The van der Waals surface area contributed by atoms with Crippen LogP contribution in [0, 0.1) is 0 Å². The van der Waals surface area contributed by atoms with Crippen molar-refractivity contribution >= 4 is 17.9 Å². The van der Waals surface area contributed by atoms with Gasteiger partial charge in [-0.05, 0) is 44.9 Å². The van der Waals surface area contributed by atoms with Crippen molar-refractivity contribution in [3.05, 3.63) is 12.2 Å². The minimum atomic E-state index is -0.768. The molecule has 0 aromatic carbocycles. The molecule has 0 aliphatic rings. The average molecular weight is 988 g/mol. The van der Waals surface area contributed by atoms with E-state index in [1.807, 2.05) is 0 Å². The summed E-state index contributed by atoms with van der Waals surface area (Å²) in [4.78, 5) is 38.3. The van der Waals surface area contributed by atoms with Gasteiger partial charge >= 0.3 is 17.9 Å². The quantitative estimate of drug-likeness (QED) is 0.0261. The Morgan fingerprint density at radius 1 is 0.271 bits per heavy atom. The van der Waals surface area contributed by atoms with E-state index in [1.54, 1.807) is 0 Å². The van der Waals surface area contributed by atoms with Crippen molar-refractivity contribution in [1.82, 2.24) is 0 Å². The number of hydrogen-bond donors (Lipinski definition) is 0.